The fourth-order valence-electron chi connectivity index (χ4n) is 10.6. The SMILES string of the molecule is C#Cc1ccc([C@@H](CO)NC(=O)[C@@H]2C[C@@H](O)CN2C(=O)[C@@H](NC(=O)N2CCC(N3CCC(c4cnc(N5CCc6[nH]c7nnc(-c8ccccc8O)cc7c6[C@H]5C)nc4)CC3)CC2)C(C)(C)C)nc1. The van der Waals surface area contributed by atoms with Gasteiger partial charge in [-0.05, 0) is 92.9 Å². The maximum absolute atomic E-state index is 14.3. The summed E-state index contributed by atoms with van der Waals surface area (Å²) in [6.45, 7) is 11.0. The molecule has 4 aliphatic heterocycles. The van der Waals surface area contributed by atoms with Crippen molar-refractivity contribution in [3.63, 3.8) is 0 Å². The van der Waals surface area contributed by atoms with E-state index in [1.165, 1.54) is 11.1 Å². The number of piperidine rings is 2. The largest absolute Gasteiger partial charge is 0.507 e. The summed E-state index contributed by atoms with van der Waals surface area (Å²) in [6.07, 6.45) is 14.4. The topological polar surface area (TPSA) is 229 Å². The van der Waals surface area contributed by atoms with Gasteiger partial charge in [0.05, 0.1) is 36.2 Å². The van der Waals surface area contributed by atoms with Gasteiger partial charge in [0.15, 0.2) is 5.65 Å². The molecule has 3 fully saturated rings. The number of carbonyl (C=O) groups excluding carboxylic acids is 3. The first kappa shape index (κ1) is 47.4. The van der Waals surface area contributed by atoms with E-state index in [4.69, 9.17) is 16.4 Å². The van der Waals surface area contributed by atoms with Crippen molar-refractivity contribution in [2.24, 2.45) is 5.41 Å². The van der Waals surface area contributed by atoms with Gasteiger partial charge in [0, 0.05) is 91.4 Å². The summed E-state index contributed by atoms with van der Waals surface area (Å²) in [7, 11) is 0. The van der Waals surface area contributed by atoms with Crippen LogP contribution >= 0.6 is 0 Å². The van der Waals surface area contributed by atoms with E-state index in [-0.39, 0.29) is 30.8 Å². The van der Waals surface area contributed by atoms with Crippen molar-refractivity contribution in [1.82, 2.24) is 55.5 Å². The Labute approximate surface area is 401 Å². The number of aliphatic hydroxyl groups excluding tert-OH is 2. The molecule has 18 heteroatoms. The second-order valence-electron chi connectivity index (χ2n) is 20.0. The van der Waals surface area contributed by atoms with Gasteiger partial charge in [0.2, 0.25) is 17.8 Å². The number of para-hydroxylation sites is 1. The summed E-state index contributed by atoms with van der Waals surface area (Å²) in [5, 5.41) is 46.9. The van der Waals surface area contributed by atoms with Crippen LogP contribution in [0.2, 0.25) is 0 Å². The number of anilines is 1. The number of amides is 4. The average Bonchev–Trinajstić information content (AvgIpc) is 3.95. The van der Waals surface area contributed by atoms with Gasteiger partial charge < -0.3 is 50.5 Å². The number of benzene rings is 1. The number of aromatic hydroxyl groups is 1. The molecule has 0 radical (unpaired) electrons. The number of pyridine rings is 1. The summed E-state index contributed by atoms with van der Waals surface area (Å²) in [5.74, 6) is 2.70. The highest BCUT2D eigenvalue weighted by atomic mass is 16.3. The molecule has 5 atom stereocenters. The van der Waals surface area contributed by atoms with Crippen LogP contribution in [0.1, 0.15) is 106 Å². The molecule has 0 spiro atoms. The molecular formula is C51H62N12O6. The summed E-state index contributed by atoms with van der Waals surface area (Å²) < 4.78 is 0. The molecule has 4 aliphatic rings. The van der Waals surface area contributed by atoms with Crippen LogP contribution in [0.4, 0.5) is 10.7 Å². The van der Waals surface area contributed by atoms with Crippen molar-refractivity contribution < 1.29 is 29.7 Å². The molecule has 69 heavy (non-hydrogen) atoms. The number of urea groups is 1. The number of fused-ring (bicyclic) bond motifs is 3. The number of aromatic nitrogens is 6. The van der Waals surface area contributed by atoms with E-state index in [0.717, 1.165) is 79.6 Å². The van der Waals surface area contributed by atoms with Crippen LogP contribution in [0.15, 0.2) is 61.1 Å². The number of nitrogens with one attached hydrogen (secondary N) is 3. The van der Waals surface area contributed by atoms with Gasteiger partial charge in [-0.3, -0.25) is 14.6 Å². The lowest BCUT2D eigenvalue weighted by Crippen LogP contribution is -2.60. The first-order valence-corrected chi connectivity index (χ1v) is 24.1. The Morgan fingerprint density at radius 1 is 0.942 bits per heavy atom. The van der Waals surface area contributed by atoms with Crippen LogP contribution in [0.25, 0.3) is 22.3 Å². The molecule has 0 bridgehead atoms. The molecule has 8 heterocycles. The fourth-order valence-corrected chi connectivity index (χ4v) is 10.6. The molecule has 3 saturated heterocycles. The Kier molecular flexibility index (Phi) is 13.6. The first-order chi connectivity index (χ1) is 33.2. The Balaban J connectivity index is 0.766. The number of likely N-dealkylation sites (tertiary alicyclic amines) is 3. The van der Waals surface area contributed by atoms with E-state index in [1.54, 1.807) is 29.2 Å². The molecule has 18 nitrogen and oxygen atoms in total. The zero-order valence-corrected chi connectivity index (χ0v) is 39.7. The molecule has 0 unspecified atom stereocenters. The molecule has 5 aromatic rings. The minimum Gasteiger partial charge on any atom is -0.507 e. The maximum atomic E-state index is 14.3. The number of aliphatic hydroxyl groups is 2. The van der Waals surface area contributed by atoms with Crippen LogP contribution < -0.4 is 15.5 Å². The monoisotopic (exact) mass is 938 g/mol. The number of terminal acetylenes is 1. The fraction of sp³-hybridized carbons (Fsp3) is 0.490. The van der Waals surface area contributed by atoms with Crippen molar-refractivity contribution in [2.45, 2.75) is 108 Å². The van der Waals surface area contributed by atoms with Crippen LogP contribution in [0.5, 0.6) is 5.75 Å². The molecule has 0 saturated carbocycles. The predicted molar refractivity (Wildman–Crippen MR) is 259 cm³/mol. The maximum Gasteiger partial charge on any atom is 0.318 e. The third-order valence-corrected chi connectivity index (χ3v) is 14.6. The Bertz CT molecular complexity index is 2700. The minimum atomic E-state index is -1.01. The molecule has 4 aromatic heterocycles. The normalized spacial score (nSPS) is 21.4. The number of carbonyl (C=O) groups is 3. The van der Waals surface area contributed by atoms with Crippen molar-refractivity contribution >= 4 is 34.8 Å². The third kappa shape index (κ3) is 9.81. The van der Waals surface area contributed by atoms with E-state index in [0.29, 0.717) is 53.5 Å². The lowest BCUT2D eigenvalue weighted by atomic mass is 9.85. The van der Waals surface area contributed by atoms with Gasteiger partial charge >= 0.3 is 6.03 Å². The number of phenolic OH excluding ortho intramolecular Hbond substituents is 1. The minimum absolute atomic E-state index is 0.00784. The van der Waals surface area contributed by atoms with E-state index in [2.05, 4.69) is 53.4 Å². The molecule has 1 aromatic carbocycles. The van der Waals surface area contributed by atoms with Gasteiger partial charge in [0.1, 0.15) is 17.8 Å². The van der Waals surface area contributed by atoms with Crippen LogP contribution in [0, 0.1) is 17.8 Å². The summed E-state index contributed by atoms with van der Waals surface area (Å²) in [6, 6.07) is 9.61. The Morgan fingerprint density at radius 3 is 2.35 bits per heavy atom. The zero-order chi connectivity index (χ0) is 48.6. The van der Waals surface area contributed by atoms with Gasteiger partial charge in [-0.25, -0.2) is 14.8 Å². The Morgan fingerprint density at radius 2 is 1.68 bits per heavy atom. The van der Waals surface area contributed by atoms with Gasteiger partial charge in [-0.15, -0.1) is 16.6 Å². The van der Waals surface area contributed by atoms with Gasteiger partial charge in [0.25, 0.3) is 0 Å². The summed E-state index contributed by atoms with van der Waals surface area (Å²) >= 11 is 0. The molecule has 0 aliphatic carbocycles. The van der Waals surface area contributed by atoms with E-state index in [9.17, 15) is 29.7 Å². The van der Waals surface area contributed by atoms with Crippen LogP contribution in [0.3, 0.4) is 0 Å². The standard InChI is InChI=1S/C51H62N12O6/c1-6-31-11-12-38(52-25-31)41(29-64)56-47(67)42-23-35(65)28-63(42)48(68)45(51(3,4)5)57-50(69)61-20-15-34(16-21-61)60-18-13-32(14-19-60)33-26-53-49(54-27-33)62-22-17-39-44(30(62)2)37-24-40(58-59-46(37)55-39)36-9-7-8-10-43(36)66/h1,7-12,24-27,30,32,34-35,41-42,45,64-66H,13-23,28-29H2,2-5H3,(H,55,59)(H,56,67)(H,57,69)/t30-,35-,41-,42+,45-/m1/s1. The number of hydrogen-bond acceptors (Lipinski definition) is 13. The van der Waals surface area contributed by atoms with Crippen molar-refractivity contribution in [2.75, 3.05) is 50.8 Å². The lowest BCUT2D eigenvalue weighted by molar-refractivity contribution is -0.142. The van der Waals surface area contributed by atoms with E-state index in [1.807, 2.05) is 51.4 Å². The summed E-state index contributed by atoms with van der Waals surface area (Å²) in [4.78, 5) is 67.2. The highest BCUT2D eigenvalue weighted by Crippen LogP contribution is 2.39. The molecule has 4 amide bonds. The molecular weight excluding hydrogens is 877 g/mol. The van der Waals surface area contributed by atoms with Crippen molar-refractivity contribution in [1.29, 1.82) is 0 Å². The predicted octanol–water partition coefficient (Wildman–Crippen LogP) is 4.20. The molecule has 6 N–H and O–H groups in total. The lowest BCUT2D eigenvalue weighted by Gasteiger charge is -2.42. The quantitative estimate of drug-likeness (QED) is 0.108. The molecule has 9 rings (SSSR count). The highest BCUT2D eigenvalue weighted by molar-refractivity contribution is 5.93. The van der Waals surface area contributed by atoms with Gasteiger partial charge in [-0.2, -0.15) is 0 Å². The molecule has 362 valence electrons. The number of rotatable bonds is 10. The van der Waals surface area contributed by atoms with Gasteiger partial charge in [-0.1, -0.05) is 38.8 Å². The van der Waals surface area contributed by atoms with Crippen molar-refractivity contribution in [3.05, 3.63) is 89.1 Å². The average molecular weight is 939 g/mol. The highest BCUT2D eigenvalue weighted by Gasteiger charge is 2.45. The number of phenols is 1. The third-order valence-electron chi connectivity index (χ3n) is 14.6. The van der Waals surface area contributed by atoms with E-state index >= 15 is 0 Å². The number of aromatic amines is 1. The van der Waals surface area contributed by atoms with Crippen LogP contribution in [-0.4, -0.2) is 148 Å². The number of hydrogen-bond donors (Lipinski definition) is 6. The summed E-state index contributed by atoms with van der Waals surface area (Å²) in [5.41, 5.74) is 5.64. The van der Waals surface area contributed by atoms with E-state index < -0.39 is 48.1 Å². The number of β-amino-alcohol motifs (C(OH)–C–C–N with tert-alkyl or cyclic N) is 1. The number of H-pyrrole nitrogens is 1. The smallest absolute Gasteiger partial charge is 0.318 e. The van der Waals surface area contributed by atoms with Crippen LogP contribution in [-0.2, 0) is 16.0 Å². The second-order valence-corrected chi connectivity index (χ2v) is 20.0. The van der Waals surface area contributed by atoms with Crippen molar-refractivity contribution in [3.8, 4) is 29.4 Å². The number of nitrogens with zero attached hydrogens (tertiary/aromatic N) is 9. The Hall–Kier alpha value is -6.68. The zero-order valence-electron chi connectivity index (χ0n) is 39.7. The second kappa shape index (κ2) is 19.7. The first-order valence-electron chi connectivity index (χ1n) is 24.1.